The Labute approximate surface area is 71.8 Å². The first-order valence-electron chi connectivity index (χ1n) is 3.23. The van der Waals surface area contributed by atoms with Gasteiger partial charge in [-0.15, -0.1) is 0 Å². The predicted molar refractivity (Wildman–Crippen MR) is 44.7 cm³/mol. The SMILES string of the molecule is [CH2]c1cn(S(=O)(=O)N(C)C)cn1. The highest BCUT2D eigenvalue weighted by molar-refractivity contribution is 7.87. The fourth-order valence-electron chi connectivity index (χ4n) is 0.659. The van der Waals surface area contributed by atoms with Crippen molar-refractivity contribution in [3.05, 3.63) is 25.1 Å². The van der Waals surface area contributed by atoms with E-state index in [1.807, 2.05) is 0 Å². The summed E-state index contributed by atoms with van der Waals surface area (Å²) in [5.74, 6) is 0. The second-order valence-electron chi connectivity index (χ2n) is 2.49. The molecule has 0 aliphatic carbocycles. The molecule has 0 aliphatic rings. The number of hydrogen-bond donors (Lipinski definition) is 0. The largest absolute Gasteiger partial charge is 0.308 e. The zero-order valence-electron chi connectivity index (χ0n) is 6.93. The lowest BCUT2D eigenvalue weighted by Gasteiger charge is -2.10. The molecule has 0 aliphatic heterocycles. The van der Waals surface area contributed by atoms with Crippen LogP contribution in [0.1, 0.15) is 5.69 Å². The van der Waals surface area contributed by atoms with E-state index in [0.29, 0.717) is 5.69 Å². The fourth-order valence-corrected chi connectivity index (χ4v) is 1.46. The van der Waals surface area contributed by atoms with Crippen molar-refractivity contribution in [2.24, 2.45) is 0 Å². The molecule has 1 aromatic rings. The minimum Gasteiger partial charge on any atom is -0.241 e. The van der Waals surface area contributed by atoms with Crippen molar-refractivity contribution < 1.29 is 8.42 Å². The smallest absolute Gasteiger partial charge is 0.241 e. The van der Waals surface area contributed by atoms with E-state index in [-0.39, 0.29) is 0 Å². The summed E-state index contributed by atoms with van der Waals surface area (Å²) in [6.45, 7) is 3.50. The average molecular weight is 188 g/mol. The van der Waals surface area contributed by atoms with Gasteiger partial charge < -0.3 is 0 Å². The maximum absolute atomic E-state index is 11.4. The lowest BCUT2D eigenvalue weighted by molar-refractivity contribution is 0.510. The van der Waals surface area contributed by atoms with Gasteiger partial charge in [0.25, 0.3) is 0 Å². The van der Waals surface area contributed by atoms with Crippen molar-refractivity contribution in [3.63, 3.8) is 0 Å². The summed E-state index contributed by atoms with van der Waals surface area (Å²) in [5, 5.41) is 0. The van der Waals surface area contributed by atoms with Crippen LogP contribution in [-0.4, -0.2) is 35.8 Å². The van der Waals surface area contributed by atoms with Gasteiger partial charge in [-0.05, 0) is 6.92 Å². The van der Waals surface area contributed by atoms with E-state index in [2.05, 4.69) is 11.9 Å². The third-order valence-corrected chi connectivity index (χ3v) is 3.00. The van der Waals surface area contributed by atoms with Crippen LogP contribution >= 0.6 is 0 Å². The first kappa shape index (κ1) is 9.21. The Bertz CT molecular complexity index is 366. The van der Waals surface area contributed by atoms with Gasteiger partial charge in [-0.1, -0.05) is 0 Å². The van der Waals surface area contributed by atoms with E-state index in [1.165, 1.54) is 26.6 Å². The van der Waals surface area contributed by atoms with Gasteiger partial charge in [-0.2, -0.15) is 12.7 Å². The first-order chi connectivity index (χ1) is 5.44. The van der Waals surface area contributed by atoms with Gasteiger partial charge in [-0.3, -0.25) is 0 Å². The molecule has 12 heavy (non-hydrogen) atoms. The first-order valence-corrected chi connectivity index (χ1v) is 4.63. The van der Waals surface area contributed by atoms with Gasteiger partial charge >= 0.3 is 10.2 Å². The Hall–Kier alpha value is -0.880. The van der Waals surface area contributed by atoms with Gasteiger partial charge in [-0.25, -0.2) is 8.96 Å². The van der Waals surface area contributed by atoms with Gasteiger partial charge in [0.15, 0.2) is 0 Å². The van der Waals surface area contributed by atoms with Crippen molar-refractivity contribution in [3.8, 4) is 0 Å². The third kappa shape index (κ3) is 1.49. The van der Waals surface area contributed by atoms with Crippen molar-refractivity contribution in [2.75, 3.05) is 14.1 Å². The molecule has 1 heterocycles. The second-order valence-corrected chi connectivity index (χ2v) is 4.53. The van der Waals surface area contributed by atoms with Crippen molar-refractivity contribution in [1.29, 1.82) is 0 Å². The molecule has 0 unspecified atom stereocenters. The highest BCUT2D eigenvalue weighted by Gasteiger charge is 2.15. The Morgan fingerprint density at radius 3 is 2.50 bits per heavy atom. The molecule has 1 aromatic heterocycles. The minimum absolute atomic E-state index is 0.431. The lowest BCUT2D eigenvalue weighted by Crippen LogP contribution is -2.27. The molecule has 0 amide bonds. The van der Waals surface area contributed by atoms with E-state index in [9.17, 15) is 8.42 Å². The number of aromatic nitrogens is 2. The molecule has 0 bridgehead atoms. The quantitative estimate of drug-likeness (QED) is 0.641. The van der Waals surface area contributed by atoms with Crippen LogP contribution in [0.25, 0.3) is 0 Å². The Kier molecular flexibility index (Phi) is 2.20. The van der Waals surface area contributed by atoms with Crippen molar-refractivity contribution >= 4 is 10.2 Å². The van der Waals surface area contributed by atoms with Crippen LogP contribution in [0.5, 0.6) is 0 Å². The summed E-state index contributed by atoms with van der Waals surface area (Å²) in [6, 6.07) is 0. The van der Waals surface area contributed by atoms with Gasteiger partial charge in [0.05, 0.1) is 5.69 Å². The Morgan fingerprint density at radius 2 is 2.17 bits per heavy atom. The topological polar surface area (TPSA) is 55.2 Å². The Balaban J connectivity index is 3.15. The molecule has 0 N–H and O–H groups in total. The monoisotopic (exact) mass is 188 g/mol. The molecular weight excluding hydrogens is 178 g/mol. The number of rotatable bonds is 2. The summed E-state index contributed by atoms with van der Waals surface area (Å²) in [6.07, 6.45) is 2.58. The highest BCUT2D eigenvalue weighted by Crippen LogP contribution is 2.01. The standard InChI is InChI=1S/C6H10N3O2S/c1-6-4-9(5-7-6)12(10,11)8(2)3/h4-5H,1H2,2-3H3. The highest BCUT2D eigenvalue weighted by atomic mass is 32.2. The zero-order valence-corrected chi connectivity index (χ0v) is 7.74. The molecule has 1 radical (unpaired) electrons. The third-order valence-electron chi connectivity index (χ3n) is 1.34. The molecule has 0 atom stereocenters. The summed E-state index contributed by atoms with van der Waals surface area (Å²) in [4.78, 5) is 3.71. The van der Waals surface area contributed by atoms with Crippen LogP contribution in [0, 0.1) is 6.92 Å². The van der Waals surface area contributed by atoms with E-state index < -0.39 is 10.2 Å². The van der Waals surface area contributed by atoms with Crippen LogP contribution in [-0.2, 0) is 10.2 Å². The van der Waals surface area contributed by atoms with Gasteiger partial charge in [0.2, 0.25) is 0 Å². The minimum atomic E-state index is -3.41. The average Bonchev–Trinajstić information content (AvgIpc) is 2.35. The molecule has 0 spiro atoms. The number of imidazole rings is 1. The molecule has 5 nitrogen and oxygen atoms in total. The molecule has 6 heteroatoms. The van der Waals surface area contributed by atoms with Crippen LogP contribution in [0.4, 0.5) is 0 Å². The van der Waals surface area contributed by atoms with E-state index >= 15 is 0 Å². The van der Waals surface area contributed by atoms with Gasteiger partial charge in [0.1, 0.15) is 6.33 Å². The van der Waals surface area contributed by atoms with Crippen molar-refractivity contribution in [2.45, 2.75) is 0 Å². The predicted octanol–water partition coefficient (Wildman–Crippen LogP) is -0.280. The summed E-state index contributed by atoms with van der Waals surface area (Å²) >= 11 is 0. The molecule has 0 saturated carbocycles. The van der Waals surface area contributed by atoms with Crippen molar-refractivity contribution in [1.82, 2.24) is 13.3 Å². The van der Waals surface area contributed by atoms with E-state index in [0.717, 1.165) is 8.28 Å². The molecule has 0 fully saturated rings. The molecule has 1 rings (SSSR count). The normalized spacial score (nSPS) is 12.3. The molecule has 0 saturated heterocycles. The maximum atomic E-state index is 11.4. The zero-order chi connectivity index (χ0) is 9.35. The summed E-state index contributed by atoms with van der Waals surface area (Å²) in [5.41, 5.74) is 0.431. The van der Waals surface area contributed by atoms with E-state index in [1.54, 1.807) is 0 Å². The summed E-state index contributed by atoms with van der Waals surface area (Å²) in [7, 11) is -0.496. The summed E-state index contributed by atoms with van der Waals surface area (Å²) < 4.78 is 24.9. The van der Waals surface area contributed by atoms with Gasteiger partial charge in [0, 0.05) is 20.3 Å². The lowest BCUT2D eigenvalue weighted by atomic mass is 10.6. The van der Waals surface area contributed by atoms with Crippen LogP contribution in [0.2, 0.25) is 0 Å². The van der Waals surface area contributed by atoms with Crippen LogP contribution in [0.15, 0.2) is 12.5 Å². The maximum Gasteiger partial charge on any atom is 0.308 e. The Morgan fingerprint density at radius 1 is 1.58 bits per heavy atom. The molecule has 67 valence electrons. The number of nitrogens with zero attached hydrogens (tertiary/aromatic N) is 3. The molecular formula is C6H10N3O2S. The fraction of sp³-hybridized carbons (Fsp3) is 0.333. The number of hydrogen-bond acceptors (Lipinski definition) is 3. The van der Waals surface area contributed by atoms with Crippen LogP contribution < -0.4 is 0 Å². The second kappa shape index (κ2) is 2.87. The molecule has 0 aromatic carbocycles. The van der Waals surface area contributed by atoms with E-state index in [4.69, 9.17) is 0 Å². The van der Waals surface area contributed by atoms with Crippen LogP contribution in [0.3, 0.4) is 0 Å².